The lowest BCUT2D eigenvalue weighted by Crippen LogP contribution is -2.17. The molecule has 0 saturated carbocycles. The molecular weight excluding hydrogens is 403 g/mol. The number of nitrogens with one attached hydrogen (secondary N) is 1. The molecule has 2 heterocycles. The number of fused-ring (bicyclic) bond motifs is 1. The van der Waals surface area contributed by atoms with E-state index in [9.17, 15) is 14.4 Å². The van der Waals surface area contributed by atoms with Crippen LogP contribution in [-0.4, -0.2) is 21.2 Å². The minimum absolute atomic E-state index is 0.0458. The van der Waals surface area contributed by atoms with Crippen molar-refractivity contribution in [3.63, 3.8) is 0 Å². The van der Waals surface area contributed by atoms with Gasteiger partial charge in [-0.25, -0.2) is 9.37 Å². The van der Waals surface area contributed by atoms with Crippen molar-refractivity contribution < 1.29 is 13.6 Å². The fourth-order valence-corrected chi connectivity index (χ4v) is 3.85. The van der Waals surface area contributed by atoms with Crippen LogP contribution in [0, 0.1) is 31.0 Å². The molecule has 4 rings (SSSR count). The van der Waals surface area contributed by atoms with Gasteiger partial charge in [0.1, 0.15) is 23.2 Å². The second-order valence-electron chi connectivity index (χ2n) is 6.65. The lowest BCUT2D eigenvalue weighted by molar-refractivity contribution is -0.113. The van der Waals surface area contributed by atoms with Gasteiger partial charge < -0.3 is 9.73 Å². The zero-order chi connectivity index (χ0) is 21.3. The van der Waals surface area contributed by atoms with Gasteiger partial charge in [0.15, 0.2) is 5.58 Å². The first-order valence-corrected chi connectivity index (χ1v) is 10.1. The van der Waals surface area contributed by atoms with Crippen LogP contribution in [0.5, 0.6) is 0 Å². The maximum atomic E-state index is 13.8. The lowest BCUT2D eigenvalue weighted by Gasteiger charge is -2.13. The third-order valence-corrected chi connectivity index (χ3v) is 5.58. The molecule has 2 aromatic heterocycles. The second kappa shape index (κ2) is 8.05. The highest BCUT2D eigenvalue weighted by atomic mass is 32.2. The normalized spacial score (nSPS) is 10.9. The maximum absolute atomic E-state index is 13.8. The second-order valence-corrected chi connectivity index (χ2v) is 7.57. The highest BCUT2D eigenvalue weighted by Crippen LogP contribution is 2.31. The largest absolute Gasteiger partial charge is 0.431 e. The summed E-state index contributed by atoms with van der Waals surface area (Å²) in [6.07, 6.45) is 0. The van der Waals surface area contributed by atoms with Crippen LogP contribution in [0.2, 0.25) is 0 Å². The standard InChI is InChI=1S/C22H17FN4O2S/c1-13-14(2)27(16-7-5-6-15(23)10-16)21(17(13)11-24)26-20(28)12-30-22-25-18-8-3-4-9-19(18)29-22/h3-10H,12H2,1-2H3,(H,26,28). The van der Waals surface area contributed by atoms with Gasteiger partial charge in [-0.15, -0.1) is 0 Å². The Morgan fingerprint density at radius 3 is 2.80 bits per heavy atom. The Kier molecular flexibility index (Phi) is 5.29. The van der Waals surface area contributed by atoms with E-state index in [-0.39, 0.29) is 11.7 Å². The molecule has 1 amide bonds. The predicted octanol–water partition coefficient (Wildman–Crippen LogP) is 4.98. The van der Waals surface area contributed by atoms with Gasteiger partial charge in [-0.3, -0.25) is 9.36 Å². The smallest absolute Gasteiger partial charge is 0.257 e. The molecule has 0 unspecified atom stereocenters. The van der Waals surface area contributed by atoms with Gasteiger partial charge in [0.25, 0.3) is 5.22 Å². The van der Waals surface area contributed by atoms with Crippen LogP contribution in [0.1, 0.15) is 16.8 Å². The number of rotatable bonds is 5. The van der Waals surface area contributed by atoms with Crippen LogP contribution in [0.4, 0.5) is 10.2 Å². The van der Waals surface area contributed by atoms with Crippen LogP contribution < -0.4 is 5.32 Å². The van der Waals surface area contributed by atoms with Gasteiger partial charge in [0, 0.05) is 5.69 Å². The number of carbonyl (C=O) groups excluding carboxylic acids is 1. The third-order valence-electron chi connectivity index (χ3n) is 4.75. The summed E-state index contributed by atoms with van der Waals surface area (Å²) in [6.45, 7) is 3.62. The molecular formula is C22H17FN4O2S. The van der Waals surface area contributed by atoms with Crippen molar-refractivity contribution in [2.24, 2.45) is 0 Å². The van der Waals surface area contributed by atoms with E-state index in [1.54, 1.807) is 23.6 Å². The minimum atomic E-state index is -0.402. The lowest BCUT2D eigenvalue weighted by atomic mass is 10.2. The van der Waals surface area contributed by atoms with Gasteiger partial charge in [-0.1, -0.05) is 30.0 Å². The summed E-state index contributed by atoms with van der Waals surface area (Å²) in [5, 5.41) is 12.8. The molecule has 6 nitrogen and oxygen atoms in total. The quantitative estimate of drug-likeness (QED) is 0.461. The Morgan fingerprint density at radius 1 is 1.27 bits per heavy atom. The van der Waals surface area contributed by atoms with Gasteiger partial charge >= 0.3 is 0 Å². The number of halogens is 1. The number of anilines is 1. The van der Waals surface area contributed by atoms with E-state index in [1.165, 1.54) is 12.1 Å². The summed E-state index contributed by atoms with van der Waals surface area (Å²) in [5.41, 5.74) is 3.72. The van der Waals surface area contributed by atoms with Crippen molar-refractivity contribution in [1.82, 2.24) is 9.55 Å². The van der Waals surface area contributed by atoms with Crippen molar-refractivity contribution in [3.8, 4) is 11.8 Å². The highest BCUT2D eigenvalue weighted by Gasteiger charge is 2.21. The van der Waals surface area contributed by atoms with E-state index in [2.05, 4.69) is 16.4 Å². The SMILES string of the molecule is Cc1c(C#N)c(NC(=O)CSc2nc3ccccc3o2)n(-c2cccc(F)c2)c1C. The summed E-state index contributed by atoms with van der Waals surface area (Å²) in [7, 11) is 0. The van der Waals surface area contributed by atoms with Crippen LogP contribution >= 0.6 is 11.8 Å². The number of hydrogen-bond donors (Lipinski definition) is 1. The third kappa shape index (κ3) is 3.67. The molecule has 0 fully saturated rings. The van der Waals surface area contributed by atoms with Crippen LogP contribution in [0.3, 0.4) is 0 Å². The van der Waals surface area contributed by atoms with Gasteiger partial charge in [0.2, 0.25) is 5.91 Å². The van der Waals surface area contributed by atoms with Crippen molar-refractivity contribution in [2.75, 3.05) is 11.1 Å². The van der Waals surface area contributed by atoms with E-state index in [1.807, 2.05) is 31.2 Å². The number of nitriles is 1. The average molecular weight is 420 g/mol. The Labute approximate surface area is 176 Å². The van der Waals surface area contributed by atoms with Gasteiger partial charge in [-0.05, 0) is 49.7 Å². The Bertz CT molecular complexity index is 1270. The number of thioether (sulfide) groups is 1. The summed E-state index contributed by atoms with van der Waals surface area (Å²) in [6, 6.07) is 15.5. The minimum Gasteiger partial charge on any atom is -0.431 e. The van der Waals surface area contributed by atoms with Crippen molar-refractivity contribution in [2.45, 2.75) is 19.1 Å². The molecule has 0 bridgehead atoms. The number of oxazole rings is 1. The molecule has 0 radical (unpaired) electrons. The summed E-state index contributed by atoms with van der Waals surface area (Å²) < 4.78 is 21.1. The molecule has 2 aromatic carbocycles. The number of hydrogen-bond acceptors (Lipinski definition) is 5. The highest BCUT2D eigenvalue weighted by molar-refractivity contribution is 7.99. The molecule has 0 atom stereocenters. The molecule has 150 valence electrons. The predicted molar refractivity (Wildman–Crippen MR) is 113 cm³/mol. The molecule has 0 aliphatic rings. The van der Waals surface area contributed by atoms with E-state index in [0.717, 1.165) is 28.5 Å². The first-order chi connectivity index (χ1) is 14.5. The molecule has 1 N–H and O–H groups in total. The Hall–Kier alpha value is -3.57. The molecule has 0 aliphatic heterocycles. The summed E-state index contributed by atoms with van der Waals surface area (Å²) in [5.74, 6) is -0.361. The fraction of sp³-hybridized carbons (Fsp3) is 0.136. The monoisotopic (exact) mass is 420 g/mol. The fourth-order valence-electron chi connectivity index (χ4n) is 3.21. The molecule has 0 spiro atoms. The zero-order valence-electron chi connectivity index (χ0n) is 16.3. The van der Waals surface area contributed by atoms with Crippen LogP contribution in [0.25, 0.3) is 16.8 Å². The summed E-state index contributed by atoms with van der Waals surface area (Å²) >= 11 is 1.16. The van der Waals surface area contributed by atoms with Crippen molar-refractivity contribution in [1.29, 1.82) is 5.26 Å². The van der Waals surface area contributed by atoms with Crippen LogP contribution in [0.15, 0.2) is 58.2 Å². The number of amides is 1. The number of aromatic nitrogens is 2. The topological polar surface area (TPSA) is 83.8 Å². The first kappa shape index (κ1) is 19.7. The number of nitrogens with zero attached hydrogens (tertiary/aromatic N) is 3. The molecule has 0 saturated heterocycles. The number of para-hydroxylation sites is 2. The van der Waals surface area contributed by atoms with E-state index in [0.29, 0.717) is 27.9 Å². The molecule has 4 aromatic rings. The Morgan fingerprint density at radius 2 is 2.07 bits per heavy atom. The van der Waals surface area contributed by atoms with Crippen LogP contribution in [-0.2, 0) is 4.79 Å². The molecule has 8 heteroatoms. The van der Waals surface area contributed by atoms with Crippen molar-refractivity contribution in [3.05, 3.63) is 71.2 Å². The molecule has 0 aliphatic carbocycles. The zero-order valence-corrected chi connectivity index (χ0v) is 17.1. The van der Waals surface area contributed by atoms with Crippen molar-refractivity contribution >= 4 is 34.6 Å². The van der Waals surface area contributed by atoms with E-state index < -0.39 is 5.82 Å². The summed E-state index contributed by atoms with van der Waals surface area (Å²) in [4.78, 5) is 17.0. The number of benzene rings is 2. The van der Waals surface area contributed by atoms with Gasteiger partial charge in [-0.2, -0.15) is 5.26 Å². The maximum Gasteiger partial charge on any atom is 0.257 e. The number of carbonyl (C=O) groups is 1. The Balaban J connectivity index is 1.59. The van der Waals surface area contributed by atoms with E-state index >= 15 is 0 Å². The molecule has 30 heavy (non-hydrogen) atoms. The average Bonchev–Trinajstić information content (AvgIpc) is 3.25. The first-order valence-electron chi connectivity index (χ1n) is 9.14. The van der Waals surface area contributed by atoms with Gasteiger partial charge in [0.05, 0.1) is 17.0 Å². The van der Waals surface area contributed by atoms with E-state index in [4.69, 9.17) is 4.42 Å².